The first kappa shape index (κ1) is 43.2. The van der Waals surface area contributed by atoms with Crippen LogP contribution in [0.15, 0.2) is 79.2 Å². The van der Waals surface area contributed by atoms with Gasteiger partial charge in [-0.2, -0.15) is 0 Å². The minimum absolute atomic E-state index is 0.122. The van der Waals surface area contributed by atoms with Gasteiger partial charge in [-0.25, -0.2) is 19.6 Å². The second-order valence-electron chi connectivity index (χ2n) is 17.4. The molecular weight excluding hydrogens is 829 g/mol. The summed E-state index contributed by atoms with van der Waals surface area (Å²) in [4.78, 5) is 73.4. The van der Waals surface area contributed by atoms with E-state index in [0.29, 0.717) is 43.3 Å². The van der Waals surface area contributed by atoms with Crippen LogP contribution in [0, 0.1) is 11.8 Å². The van der Waals surface area contributed by atoms with Crippen LogP contribution in [0.5, 0.6) is 5.75 Å². The molecule has 4 amide bonds. The number of hydrogen-bond donors (Lipinski definition) is 4. The second kappa shape index (κ2) is 17.8. The Labute approximate surface area is 377 Å². The first-order valence-electron chi connectivity index (χ1n) is 22.1. The summed E-state index contributed by atoms with van der Waals surface area (Å²) in [6.07, 6.45) is 4.18. The van der Waals surface area contributed by atoms with Crippen molar-refractivity contribution in [1.82, 2.24) is 40.4 Å². The molecule has 0 bridgehead atoms. The molecule has 4 N–H and O–H groups in total. The number of H-pyrrole nitrogens is 2. The number of imidazole rings is 2. The van der Waals surface area contributed by atoms with E-state index in [1.807, 2.05) is 36.9 Å². The molecule has 1 aliphatic carbocycles. The van der Waals surface area contributed by atoms with Crippen LogP contribution >= 0.6 is 0 Å². The molecule has 2 saturated heterocycles. The van der Waals surface area contributed by atoms with E-state index >= 15 is 0 Å². The van der Waals surface area contributed by atoms with Crippen molar-refractivity contribution in [3.63, 3.8) is 0 Å². The molecule has 5 heterocycles. The SMILES string of the molecule is C=C(OC)[C@H]1C[C@@H](c2ncc(-c3ccc4c(c3)COc3cc5c(cc3-4)CCc3[nH]c([C@@H]4CCCN4C(=O)[C@@H](NC(=O)OC)C(C)C)nc3-5)[nH]2)N(C(=O)[C@H](NC(=O)OC)c2ccccc2)C1. The smallest absolute Gasteiger partial charge is 0.407 e. The van der Waals surface area contributed by atoms with E-state index in [1.54, 1.807) is 30.3 Å². The second-order valence-corrected chi connectivity index (χ2v) is 17.4. The molecule has 3 aromatic carbocycles. The Bertz CT molecular complexity index is 2660. The average Bonchev–Trinajstić information content (AvgIpc) is 4.17. The zero-order chi connectivity index (χ0) is 45.5. The summed E-state index contributed by atoms with van der Waals surface area (Å²) in [6.45, 7) is 9.20. The van der Waals surface area contributed by atoms with Crippen molar-refractivity contribution in [3.05, 3.63) is 113 Å². The van der Waals surface area contributed by atoms with Crippen LogP contribution in [-0.4, -0.2) is 94.2 Å². The number of nitrogens with zero attached hydrogens (tertiary/aromatic N) is 4. The summed E-state index contributed by atoms with van der Waals surface area (Å²) in [5, 5.41) is 5.46. The molecule has 16 heteroatoms. The van der Waals surface area contributed by atoms with E-state index in [9.17, 15) is 19.2 Å². The fourth-order valence-corrected chi connectivity index (χ4v) is 9.79. The number of carbonyl (C=O) groups excluding carboxylic acids is 4. The van der Waals surface area contributed by atoms with Gasteiger partial charge in [-0.1, -0.05) is 62.9 Å². The molecule has 9 rings (SSSR count). The molecule has 0 radical (unpaired) electrons. The molecule has 65 heavy (non-hydrogen) atoms. The highest BCUT2D eigenvalue weighted by molar-refractivity contribution is 5.88. The lowest BCUT2D eigenvalue weighted by Gasteiger charge is -2.30. The number of rotatable bonds is 11. The molecule has 2 fully saturated rings. The molecule has 4 aliphatic rings. The van der Waals surface area contributed by atoms with Crippen LogP contribution in [0.1, 0.15) is 85.3 Å². The summed E-state index contributed by atoms with van der Waals surface area (Å²) in [6, 6.07) is 17.4. The van der Waals surface area contributed by atoms with E-state index in [4.69, 9.17) is 28.9 Å². The van der Waals surface area contributed by atoms with Crippen molar-refractivity contribution < 1.29 is 38.1 Å². The summed E-state index contributed by atoms with van der Waals surface area (Å²) in [5.41, 5.74) is 9.60. The van der Waals surface area contributed by atoms with Crippen molar-refractivity contribution >= 4 is 24.0 Å². The largest absolute Gasteiger partial charge is 0.501 e. The summed E-state index contributed by atoms with van der Waals surface area (Å²) >= 11 is 0. The van der Waals surface area contributed by atoms with Gasteiger partial charge in [0.25, 0.3) is 5.91 Å². The molecule has 5 atom stereocenters. The maximum absolute atomic E-state index is 14.4. The van der Waals surface area contributed by atoms with Gasteiger partial charge >= 0.3 is 12.2 Å². The number of carbonyl (C=O) groups is 4. The van der Waals surface area contributed by atoms with E-state index in [-0.39, 0.29) is 29.7 Å². The Morgan fingerprint density at radius 3 is 2.37 bits per heavy atom. The lowest BCUT2D eigenvalue weighted by atomic mass is 9.86. The third kappa shape index (κ3) is 8.17. The minimum Gasteiger partial charge on any atom is -0.501 e. The Hall–Kier alpha value is -7.10. The van der Waals surface area contributed by atoms with Gasteiger partial charge in [-0.3, -0.25) is 9.59 Å². The van der Waals surface area contributed by atoms with Crippen molar-refractivity contribution in [3.8, 4) is 39.4 Å². The summed E-state index contributed by atoms with van der Waals surface area (Å²) in [7, 11) is 4.14. The van der Waals surface area contributed by atoms with Gasteiger partial charge in [0.05, 0.1) is 56.8 Å². The summed E-state index contributed by atoms with van der Waals surface area (Å²) in [5.74, 6) is 2.00. The predicted octanol–water partition coefficient (Wildman–Crippen LogP) is 7.32. The number of hydrogen-bond acceptors (Lipinski definition) is 10. The number of fused-ring (bicyclic) bond motifs is 6. The molecule has 3 aliphatic heterocycles. The molecule has 5 aromatic rings. The van der Waals surface area contributed by atoms with Crippen molar-refractivity contribution in [1.29, 1.82) is 0 Å². The number of alkyl carbamates (subject to hydrolysis) is 2. The van der Waals surface area contributed by atoms with E-state index in [2.05, 4.69) is 57.5 Å². The predicted molar refractivity (Wildman–Crippen MR) is 240 cm³/mol. The monoisotopic (exact) mass is 882 g/mol. The zero-order valence-electron chi connectivity index (χ0n) is 37.2. The standard InChI is InChI=1S/C49H54N8O8/c1-26(2)41(54-48(60)63-5)46(58)56-18-10-13-38(56)45-51-36-17-15-29-20-35-33-16-14-30(19-32(33)25-65-40(35)22-34(29)43(36)53-45)37-23-50-44(52-37)39-21-31(27(3)62-4)24-57(39)47(59)42(55-49(61)64-6)28-11-8-7-9-12-28/h7-9,11-12,14,16,19-20,22-23,26,31,38-39,41-42H,3,10,13,15,17-18,21,24-25H2,1-2,4-6H3,(H,50,52)(H,51,53)(H,54,60)(H,55,61)/t31-,38-,39-,41-,42+/m0/s1. The number of nitrogens with one attached hydrogen (secondary N) is 4. The number of amides is 4. The highest BCUT2D eigenvalue weighted by atomic mass is 16.5. The number of aromatic nitrogens is 4. The molecule has 0 saturated carbocycles. The third-order valence-electron chi connectivity index (χ3n) is 13.3. The fraction of sp³-hybridized carbons (Fsp3) is 0.388. The number of ether oxygens (including phenoxy) is 4. The van der Waals surface area contributed by atoms with Gasteiger partial charge in [0.1, 0.15) is 36.1 Å². The van der Waals surface area contributed by atoms with Gasteiger partial charge < -0.3 is 49.3 Å². The third-order valence-corrected chi connectivity index (χ3v) is 13.3. The van der Waals surface area contributed by atoms with Crippen LogP contribution < -0.4 is 15.4 Å². The van der Waals surface area contributed by atoms with Crippen molar-refractivity contribution in [2.24, 2.45) is 11.8 Å². The molecule has 2 aromatic heterocycles. The highest BCUT2D eigenvalue weighted by Gasteiger charge is 2.43. The van der Waals surface area contributed by atoms with Gasteiger partial charge in [0.2, 0.25) is 5.91 Å². The van der Waals surface area contributed by atoms with Crippen LogP contribution in [-0.2, 0) is 43.2 Å². The van der Waals surface area contributed by atoms with Gasteiger partial charge in [0, 0.05) is 35.8 Å². The number of methoxy groups -OCH3 is 3. The van der Waals surface area contributed by atoms with E-state index in [0.717, 1.165) is 82.2 Å². The highest BCUT2D eigenvalue weighted by Crippen LogP contribution is 2.46. The molecule has 338 valence electrons. The molecule has 0 spiro atoms. The average molecular weight is 883 g/mol. The van der Waals surface area contributed by atoms with Gasteiger partial charge in [0.15, 0.2) is 0 Å². The Morgan fingerprint density at radius 2 is 1.62 bits per heavy atom. The number of likely N-dealkylation sites (tertiary alicyclic amines) is 2. The lowest BCUT2D eigenvalue weighted by molar-refractivity contribution is -0.136. The fourth-order valence-electron chi connectivity index (χ4n) is 9.79. The van der Waals surface area contributed by atoms with Crippen LogP contribution in [0.25, 0.3) is 33.6 Å². The van der Waals surface area contributed by atoms with Crippen LogP contribution in [0.2, 0.25) is 0 Å². The van der Waals surface area contributed by atoms with Gasteiger partial charge in [-0.05, 0) is 84.0 Å². The molecule has 16 nitrogen and oxygen atoms in total. The van der Waals surface area contributed by atoms with Crippen LogP contribution in [0.4, 0.5) is 9.59 Å². The van der Waals surface area contributed by atoms with E-state index < -0.39 is 30.3 Å². The Balaban J connectivity index is 0.956. The molecular formula is C49H54N8O8. The van der Waals surface area contributed by atoms with Crippen molar-refractivity contribution in [2.75, 3.05) is 34.4 Å². The van der Waals surface area contributed by atoms with Crippen molar-refractivity contribution in [2.45, 2.75) is 76.7 Å². The lowest BCUT2D eigenvalue weighted by Crippen LogP contribution is -2.51. The first-order valence-corrected chi connectivity index (χ1v) is 22.1. The summed E-state index contributed by atoms with van der Waals surface area (Å²) < 4.78 is 21.7. The Kier molecular flexibility index (Phi) is 11.8. The van der Waals surface area contributed by atoms with Gasteiger partial charge in [-0.15, -0.1) is 0 Å². The topological polar surface area (TPSA) is 193 Å². The maximum Gasteiger partial charge on any atom is 0.407 e. The first-order chi connectivity index (χ1) is 31.5. The minimum atomic E-state index is -0.981. The van der Waals surface area contributed by atoms with Crippen LogP contribution in [0.3, 0.4) is 0 Å². The number of aryl methyl sites for hydroxylation is 2. The molecule has 0 unspecified atom stereocenters. The number of aromatic amines is 2. The zero-order valence-corrected chi connectivity index (χ0v) is 37.2. The van der Waals surface area contributed by atoms with E-state index in [1.165, 1.54) is 19.8 Å². The Morgan fingerprint density at radius 1 is 0.831 bits per heavy atom. The maximum atomic E-state index is 14.4. The quantitative estimate of drug-likeness (QED) is 0.0978. The number of benzene rings is 3. The normalized spacial score (nSPS) is 19.2.